The first-order valence-electron chi connectivity index (χ1n) is 5.87. The second-order valence-electron chi connectivity index (χ2n) is 4.47. The third-order valence-corrected chi connectivity index (χ3v) is 3.97. The number of benzene rings is 2. The lowest BCUT2D eigenvalue weighted by Crippen LogP contribution is -2.04. The smallest absolute Gasteiger partial charge is 0.123 e. The number of phenols is 1. The van der Waals surface area contributed by atoms with Crippen molar-refractivity contribution < 1.29 is 5.11 Å². The van der Waals surface area contributed by atoms with Gasteiger partial charge in [0.05, 0.1) is 0 Å². The highest BCUT2D eigenvalue weighted by Gasteiger charge is 2.22. The lowest BCUT2D eigenvalue weighted by molar-refractivity contribution is 0.474. The molecule has 0 aliphatic heterocycles. The van der Waals surface area contributed by atoms with E-state index in [9.17, 15) is 5.11 Å². The van der Waals surface area contributed by atoms with Gasteiger partial charge in [0.1, 0.15) is 5.75 Å². The summed E-state index contributed by atoms with van der Waals surface area (Å²) in [5, 5.41) is 12.3. The summed E-state index contributed by atoms with van der Waals surface area (Å²) >= 11 is 4.56. The summed E-state index contributed by atoms with van der Waals surface area (Å²) in [5.74, 6) is 0.697. The van der Waals surface area contributed by atoms with E-state index in [1.54, 1.807) is 6.07 Å². The molecular formula is C15H14OS. The predicted octanol–water partition coefficient (Wildman–Crippen LogP) is 4.32. The van der Waals surface area contributed by atoms with E-state index in [1.165, 1.54) is 16.3 Å². The summed E-state index contributed by atoms with van der Waals surface area (Å²) in [7, 11) is 0. The van der Waals surface area contributed by atoms with Crippen LogP contribution in [0.3, 0.4) is 0 Å². The molecule has 1 N–H and O–H groups in total. The highest BCUT2D eigenvalue weighted by Crippen LogP contribution is 2.44. The first kappa shape index (κ1) is 10.7. The summed E-state index contributed by atoms with van der Waals surface area (Å²) in [5.41, 5.74) is 2.19. The van der Waals surface area contributed by atoms with Crippen molar-refractivity contribution in [2.45, 2.75) is 19.3 Å². The van der Waals surface area contributed by atoms with Crippen LogP contribution in [0.5, 0.6) is 5.75 Å². The average Bonchev–Trinajstić information content (AvgIpc) is 2.34. The lowest BCUT2D eigenvalue weighted by Gasteiger charge is -2.24. The van der Waals surface area contributed by atoms with Gasteiger partial charge in [-0.3, -0.25) is 0 Å². The standard InChI is InChI=1S/C15H14OS/c1-2-10-11-5-3-4-9-6-7-13(16)12(15(9)11)8-14(10)17/h3-8,10,16-17H,2H2,1H3. The maximum absolute atomic E-state index is 9.97. The third kappa shape index (κ3) is 1.48. The van der Waals surface area contributed by atoms with Gasteiger partial charge in [-0.1, -0.05) is 31.2 Å². The van der Waals surface area contributed by atoms with Gasteiger partial charge in [0.25, 0.3) is 0 Å². The quantitative estimate of drug-likeness (QED) is 0.713. The number of rotatable bonds is 1. The van der Waals surface area contributed by atoms with Crippen molar-refractivity contribution in [3.63, 3.8) is 0 Å². The number of hydrogen-bond acceptors (Lipinski definition) is 2. The highest BCUT2D eigenvalue weighted by atomic mass is 32.1. The molecule has 1 unspecified atom stereocenters. The zero-order chi connectivity index (χ0) is 12.0. The molecule has 0 aromatic heterocycles. The molecule has 17 heavy (non-hydrogen) atoms. The molecular weight excluding hydrogens is 228 g/mol. The van der Waals surface area contributed by atoms with Gasteiger partial charge in [0, 0.05) is 11.5 Å². The normalized spacial score (nSPS) is 18.2. The van der Waals surface area contributed by atoms with Gasteiger partial charge >= 0.3 is 0 Å². The second kappa shape index (κ2) is 3.81. The van der Waals surface area contributed by atoms with Crippen molar-refractivity contribution in [2.24, 2.45) is 0 Å². The van der Waals surface area contributed by atoms with Crippen molar-refractivity contribution in [3.8, 4) is 5.75 Å². The van der Waals surface area contributed by atoms with Crippen molar-refractivity contribution in [3.05, 3.63) is 46.4 Å². The second-order valence-corrected chi connectivity index (χ2v) is 4.99. The summed E-state index contributed by atoms with van der Waals surface area (Å²) < 4.78 is 0. The van der Waals surface area contributed by atoms with E-state index >= 15 is 0 Å². The summed E-state index contributed by atoms with van der Waals surface area (Å²) in [4.78, 5) is 1.04. The lowest BCUT2D eigenvalue weighted by atomic mass is 9.84. The first-order valence-corrected chi connectivity index (χ1v) is 6.32. The number of aromatic hydroxyl groups is 1. The van der Waals surface area contributed by atoms with Gasteiger partial charge in [-0.2, -0.15) is 0 Å². The number of hydrogen-bond donors (Lipinski definition) is 2. The van der Waals surface area contributed by atoms with Gasteiger partial charge < -0.3 is 5.11 Å². The fraction of sp³-hybridized carbons (Fsp3) is 0.200. The molecule has 0 bridgehead atoms. The third-order valence-electron chi connectivity index (χ3n) is 3.53. The molecule has 3 rings (SSSR count). The Kier molecular flexibility index (Phi) is 2.40. The van der Waals surface area contributed by atoms with Crippen LogP contribution in [0.15, 0.2) is 35.2 Å². The van der Waals surface area contributed by atoms with E-state index in [1.807, 2.05) is 12.1 Å². The van der Waals surface area contributed by atoms with Crippen LogP contribution < -0.4 is 0 Å². The van der Waals surface area contributed by atoms with E-state index in [0.717, 1.165) is 16.9 Å². The van der Waals surface area contributed by atoms with Crippen LogP contribution in [-0.4, -0.2) is 5.11 Å². The molecule has 2 heteroatoms. The zero-order valence-corrected chi connectivity index (χ0v) is 10.5. The Bertz CT molecular complexity index is 628. The van der Waals surface area contributed by atoms with Crippen LogP contribution in [0.1, 0.15) is 30.4 Å². The van der Waals surface area contributed by atoms with Gasteiger partial charge in [-0.15, -0.1) is 12.6 Å². The van der Waals surface area contributed by atoms with Crippen molar-refractivity contribution in [1.29, 1.82) is 0 Å². The Morgan fingerprint density at radius 3 is 2.82 bits per heavy atom. The predicted molar refractivity (Wildman–Crippen MR) is 75.6 cm³/mol. The molecule has 1 nitrogen and oxygen atoms in total. The molecule has 2 aromatic rings. The molecule has 0 amide bonds. The SMILES string of the molecule is CCC1C(S)=Cc2c(O)ccc3cccc1c23. The molecule has 0 heterocycles. The van der Waals surface area contributed by atoms with Gasteiger partial charge in [0.15, 0.2) is 0 Å². The number of phenolic OH excluding ortho intramolecular Hbond substituents is 1. The molecule has 86 valence electrons. The average molecular weight is 242 g/mol. The molecule has 0 saturated carbocycles. The monoisotopic (exact) mass is 242 g/mol. The summed E-state index contributed by atoms with van der Waals surface area (Å²) in [6.45, 7) is 2.17. The zero-order valence-electron chi connectivity index (χ0n) is 9.64. The Balaban J connectivity index is 2.46. The topological polar surface area (TPSA) is 20.2 Å². The number of thiol groups is 1. The minimum atomic E-state index is 0.339. The summed E-state index contributed by atoms with van der Waals surface area (Å²) in [6.07, 6.45) is 3.03. The van der Waals surface area contributed by atoms with Crippen LogP contribution in [0, 0.1) is 0 Å². The fourth-order valence-corrected chi connectivity index (χ4v) is 3.15. The van der Waals surface area contributed by atoms with Crippen LogP contribution >= 0.6 is 12.6 Å². The van der Waals surface area contributed by atoms with E-state index < -0.39 is 0 Å². The maximum atomic E-state index is 9.97. The molecule has 0 radical (unpaired) electrons. The maximum Gasteiger partial charge on any atom is 0.123 e. The Morgan fingerprint density at radius 1 is 1.24 bits per heavy atom. The molecule has 0 spiro atoms. The van der Waals surface area contributed by atoms with E-state index in [2.05, 4.69) is 37.8 Å². The van der Waals surface area contributed by atoms with Gasteiger partial charge in [-0.25, -0.2) is 0 Å². The largest absolute Gasteiger partial charge is 0.507 e. The molecule has 1 aliphatic carbocycles. The van der Waals surface area contributed by atoms with E-state index in [-0.39, 0.29) is 0 Å². The van der Waals surface area contributed by atoms with Gasteiger partial charge in [0.2, 0.25) is 0 Å². The molecule has 0 saturated heterocycles. The molecule has 1 aliphatic rings. The minimum Gasteiger partial charge on any atom is -0.507 e. The van der Waals surface area contributed by atoms with Crippen molar-refractivity contribution >= 4 is 29.5 Å². The molecule has 1 atom stereocenters. The Labute approximate surface area is 106 Å². The first-order chi connectivity index (χ1) is 8.22. The van der Waals surface area contributed by atoms with Crippen LogP contribution in [0.4, 0.5) is 0 Å². The summed E-state index contributed by atoms with van der Waals surface area (Å²) in [6, 6.07) is 10.0. The van der Waals surface area contributed by atoms with Crippen LogP contribution in [0.25, 0.3) is 16.8 Å². The Morgan fingerprint density at radius 2 is 2.06 bits per heavy atom. The van der Waals surface area contributed by atoms with Crippen molar-refractivity contribution in [1.82, 2.24) is 0 Å². The molecule has 2 aromatic carbocycles. The minimum absolute atomic E-state index is 0.339. The van der Waals surface area contributed by atoms with Gasteiger partial charge in [-0.05, 0) is 39.8 Å². The van der Waals surface area contributed by atoms with Crippen molar-refractivity contribution in [2.75, 3.05) is 0 Å². The fourth-order valence-electron chi connectivity index (χ4n) is 2.70. The van der Waals surface area contributed by atoms with E-state index in [4.69, 9.17) is 0 Å². The van der Waals surface area contributed by atoms with E-state index in [0.29, 0.717) is 11.7 Å². The Hall–Kier alpha value is -1.41. The highest BCUT2D eigenvalue weighted by molar-refractivity contribution is 7.84. The number of allylic oxidation sites excluding steroid dienone is 1. The van der Waals surface area contributed by atoms with Crippen LogP contribution in [-0.2, 0) is 0 Å². The molecule has 0 fully saturated rings. The van der Waals surface area contributed by atoms with Crippen LogP contribution in [0.2, 0.25) is 0 Å².